The number of benzene rings is 1. The van der Waals surface area contributed by atoms with E-state index in [2.05, 4.69) is 48.4 Å². The first-order valence-corrected chi connectivity index (χ1v) is 11.3. The quantitative estimate of drug-likeness (QED) is 0.714. The molecule has 4 atom stereocenters. The van der Waals surface area contributed by atoms with E-state index in [4.69, 9.17) is 19.6 Å². The third-order valence-corrected chi connectivity index (χ3v) is 6.90. The van der Waals surface area contributed by atoms with Gasteiger partial charge in [-0.3, -0.25) is 9.59 Å². The summed E-state index contributed by atoms with van der Waals surface area (Å²) < 4.78 is 7.90. The van der Waals surface area contributed by atoms with Gasteiger partial charge in [0.1, 0.15) is 12.4 Å². The summed E-state index contributed by atoms with van der Waals surface area (Å²) in [6, 6.07) is 8.55. The first-order valence-electron chi connectivity index (χ1n) is 11.3. The Morgan fingerprint density at radius 1 is 1.25 bits per heavy atom. The number of carboxylic acid groups (broad SMARTS) is 1. The van der Waals surface area contributed by atoms with E-state index >= 15 is 0 Å². The minimum Gasteiger partial charge on any atom is -0.483 e. The molecule has 1 N–H and O–H groups in total. The van der Waals surface area contributed by atoms with Crippen LogP contribution < -0.4 is 0 Å². The van der Waals surface area contributed by atoms with Crippen molar-refractivity contribution in [2.24, 2.45) is 11.8 Å². The molecule has 0 unspecified atom stereocenters. The molecule has 0 radical (unpaired) electrons. The van der Waals surface area contributed by atoms with E-state index in [-0.39, 0.29) is 24.4 Å². The third kappa shape index (κ3) is 4.96. The number of hydrogen-bond acceptors (Lipinski definition) is 5. The number of nitrogens with zero attached hydrogens (tertiary/aromatic N) is 4. The highest BCUT2D eigenvalue weighted by molar-refractivity contribution is 5.81. The molecule has 2 heterocycles. The molecule has 32 heavy (non-hydrogen) atoms. The molecule has 1 aliphatic carbocycles. The van der Waals surface area contributed by atoms with Gasteiger partial charge in [0.25, 0.3) is 6.47 Å². The molecule has 2 fully saturated rings. The van der Waals surface area contributed by atoms with E-state index in [0.29, 0.717) is 24.4 Å². The monoisotopic (exact) mass is 444 g/mol. The molecule has 2 aliphatic rings. The first kappa shape index (κ1) is 24.2. The summed E-state index contributed by atoms with van der Waals surface area (Å²) in [7, 11) is 6.08. The van der Waals surface area contributed by atoms with Crippen LogP contribution in [0.3, 0.4) is 0 Å². The van der Waals surface area contributed by atoms with Gasteiger partial charge in [0.15, 0.2) is 0 Å². The van der Waals surface area contributed by atoms with Crippen molar-refractivity contribution in [2.75, 3.05) is 34.3 Å². The van der Waals surface area contributed by atoms with Crippen LogP contribution in [0.2, 0.25) is 0 Å². The molecule has 0 bridgehead atoms. The van der Waals surface area contributed by atoms with E-state index in [9.17, 15) is 4.79 Å². The van der Waals surface area contributed by atoms with Crippen molar-refractivity contribution in [3.05, 3.63) is 30.1 Å². The number of fused-ring (bicyclic) bond motifs is 2. The van der Waals surface area contributed by atoms with E-state index < -0.39 is 0 Å². The second-order valence-corrected chi connectivity index (χ2v) is 9.40. The van der Waals surface area contributed by atoms with Crippen LogP contribution in [0.4, 0.5) is 0 Å². The molecular weight excluding hydrogens is 408 g/mol. The summed E-state index contributed by atoms with van der Waals surface area (Å²) in [6.45, 7) is 6.12. The fourth-order valence-corrected chi connectivity index (χ4v) is 5.33. The first-order chi connectivity index (χ1) is 15.3. The lowest BCUT2D eigenvalue weighted by Crippen LogP contribution is -2.47. The zero-order valence-electron chi connectivity index (χ0n) is 19.8. The lowest BCUT2D eigenvalue weighted by Gasteiger charge is -2.40. The largest absolute Gasteiger partial charge is 0.483 e. The standard InChI is InChI=1S/C23H34N4O2.CH2O2/c1-15(2)23-24-18-8-6-7-9-19(18)27(23)14-22(28)26-12-16-10-20(25(3)4)21(29-5)11-17(16)13-26;2-1-3/h6-9,15-17,20-21H,10-14H2,1-5H3;1H,(H,2,3)/t16-,17+,20-,21-;/m1./s1. The maximum Gasteiger partial charge on any atom is 0.290 e. The lowest BCUT2D eigenvalue weighted by atomic mass is 9.77. The predicted octanol–water partition coefficient (Wildman–Crippen LogP) is 2.67. The third-order valence-electron chi connectivity index (χ3n) is 6.90. The topological polar surface area (TPSA) is 87.9 Å². The minimum absolute atomic E-state index is 0.208. The Balaban J connectivity index is 0.000000913. The van der Waals surface area contributed by atoms with Crippen LogP contribution in [0.1, 0.15) is 38.4 Å². The average molecular weight is 445 g/mol. The van der Waals surface area contributed by atoms with E-state index in [1.165, 1.54) is 0 Å². The number of amides is 1. The van der Waals surface area contributed by atoms with E-state index in [0.717, 1.165) is 42.8 Å². The van der Waals surface area contributed by atoms with Crippen molar-refractivity contribution in [1.29, 1.82) is 0 Å². The smallest absolute Gasteiger partial charge is 0.290 e. The summed E-state index contributed by atoms with van der Waals surface area (Å²) in [5.41, 5.74) is 2.02. The number of aromatic nitrogens is 2. The van der Waals surface area contributed by atoms with Crippen molar-refractivity contribution in [1.82, 2.24) is 19.4 Å². The average Bonchev–Trinajstić information content (AvgIpc) is 3.34. The number of ether oxygens (including phenoxy) is 1. The Morgan fingerprint density at radius 3 is 2.47 bits per heavy atom. The van der Waals surface area contributed by atoms with Gasteiger partial charge in [0, 0.05) is 32.2 Å². The van der Waals surface area contributed by atoms with E-state index in [1.54, 1.807) is 0 Å². The summed E-state index contributed by atoms with van der Waals surface area (Å²) >= 11 is 0. The zero-order valence-corrected chi connectivity index (χ0v) is 19.8. The maximum atomic E-state index is 13.3. The van der Waals surface area contributed by atoms with Crippen LogP contribution >= 0.6 is 0 Å². The minimum atomic E-state index is -0.250. The molecule has 1 saturated heterocycles. The molecule has 8 nitrogen and oxygen atoms in total. The normalized spacial score (nSPS) is 25.0. The Labute approximate surface area is 190 Å². The summed E-state index contributed by atoms with van der Waals surface area (Å²) in [5, 5.41) is 6.89. The molecule has 1 aliphatic heterocycles. The van der Waals surface area contributed by atoms with Gasteiger partial charge in [-0.1, -0.05) is 26.0 Å². The van der Waals surface area contributed by atoms with Gasteiger partial charge in [0.05, 0.1) is 17.1 Å². The summed E-state index contributed by atoms with van der Waals surface area (Å²) in [4.78, 5) is 30.8. The van der Waals surface area contributed by atoms with Crippen molar-refractivity contribution in [2.45, 2.75) is 51.3 Å². The summed E-state index contributed by atoms with van der Waals surface area (Å²) in [6.07, 6.45) is 2.40. The van der Waals surface area contributed by atoms with Gasteiger partial charge in [-0.05, 0) is 50.9 Å². The number of rotatable bonds is 5. The van der Waals surface area contributed by atoms with Gasteiger partial charge in [-0.25, -0.2) is 4.98 Å². The molecule has 1 aromatic heterocycles. The fourth-order valence-electron chi connectivity index (χ4n) is 5.33. The molecule has 0 spiro atoms. The highest BCUT2D eigenvalue weighted by atomic mass is 16.5. The number of likely N-dealkylation sites (N-methyl/N-ethyl adjacent to an activating group) is 1. The number of carbonyl (C=O) groups excluding carboxylic acids is 1. The Kier molecular flexibility index (Phi) is 7.90. The van der Waals surface area contributed by atoms with Gasteiger partial charge >= 0.3 is 0 Å². The highest BCUT2D eigenvalue weighted by Gasteiger charge is 2.44. The number of carbonyl (C=O) groups is 2. The summed E-state index contributed by atoms with van der Waals surface area (Å²) in [5.74, 6) is 2.59. The maximum absolute atomic E-state index is 13.3. The molecule has 1 amide bonds. The van der Waals surface area contributed by atoms with Crippen molar-refractivity contribution >= 4 is 23.4 Å². The molecule has 8 heteroatoms. The second-order valence-electron chi connectivity index (χ2n) is 9.40. The van der Waals surface area contributed by atoms with Gasteiger partial charge in [-0.15, -0.1) is 0 Å². The molecule has 176 valence electrons. The van der Waals surface area contributed by atoms with Crippen LogP contribution in [0, 0.1) is 11.8 Å². The van der Waals surface area contributed by atoms with Crippen LogP contribution in [-0.4, -0.2) is 83.3 Å². The molecular formula is C24H36N4O4. The molecule has 2 aromatic rings. The van der Waals surface area contributed by atoms with Crippen LogP contribution in [0.5, 0.6) is 0 Å². The van der Waals surface area contributed by atoms with Crippen molar-refractivity contribution < 1.29 is 19.4 Å². The second kappa shape index (κ2) is 10.4. The number of imidazole rings is 1. The van der Waals surface area contributed by atoms with Gasteiger partial charge < -0.3 is 24.2 Å². The number of hydrogen-bond donors (Lipinski definition) is 1. The van der Waals surface area contributed by atoms with Gasteiger partial charge in [-0.2, -0.15) is 0 Å². The molecule has 1 saturated carbocycles. The van der Waals surface area contributed by atoms with E-state index in [1.807, 2.05) is 25.3 Å². The highest BCUT2D eigenvalue weighted by Crippen LogP contribution is 2.39. The lowest BCUT2D eigenvalue weighted by molar-refractivity contribution is -0.131. The number of methoxy groups -OCH3 is 1. The molecule has 4 rings (SSSR count). The Bertz CT molecular complexity index is 926. The van der Waals surface area contributed by atoms with Crippen LogP contribution in [0.25, 0.3) is 11.0 Å². The van der Waals surface area contributed by atoms with Crippen LogP contribution in [-0.2, 0) is 20.9 Å². The Morgan fingerprint density at radius 2 is 1.88 bits per heavy atom. The van der Waals surface area contributed by atoms with Crippen molar-refractivity contribution in [3.63, 3.8) is 0 Å². The SMILES string of the molecule is CO[C@@H]1C[C@H]2CN(C(=O)Cn3c(C(C)C)nc4ccccc43)C[C@H]2C[C@H]1N(C)C.O=CO. The van der Waals surface area contributed by atoms with Crippen molar-refractivity contribution in [3.8, 4) is 0 Å². The number of likely N-dealkylation sites (tertiary alicyclic amines) is 1. The predicted molar refractivity (Wildman–Crippen MR) is 124 cm³/mol. The van der Waals surface area contributed by atoms with Crippen LogP contribution in [0.15, 0.2) is 24.3 Å². The fraction of sp³-hybridized carbons (Fsp3) is 0.625. The zero-order chi connectivity index (χ0) is 23.4. The Hall–Kier alpha value is -2.45. The van der Waals surface area contributed by atoms with Gasteiger partial charge in [0.2, 0.25) is 5.91 Å². The number of para-hydroxylation sites is 2. The molecule has 1 aromatic carbocycles.